The van der Waals surface area contributed by atoms with Gasteiger partial charge in [0, 0.05) is 22.7 Å². The highest BCUT2D eigenvalue weighted by Crippen LogP contribution is 2.35. The van der Waals surface area contributed by atoms with Gasteiger partial charge in [-0.2, -0.15) is 0 Å². The molecular weight excluding hydrogens is 358 g/mol. The zero-order valence-corrected chi connectivity index (χ0v) is 16.5. The summed E-state index contributed by atoms with van der Waals surface area (Å²) in [6, 6.07) is 13.4. The van der Waals surface area contributed by atoms with Gasteiger partial charge in [-0.25, -0.2) is 8.42 Å². The largest absolute Gasteiger partial charge is 0.361 e. The fourth-order valence-electron chi connectivity index (χ4n) is 3.98. The van der Waals surface area contributed by atoms with Crippen LogP contribution in [0.5, 0.6) is 0 Å². The Balaban J connectivity index is 1.82. The molecule has 1 unspecified atom stereocenters. The van der Waals surface area contributed by atoms with Crippen molar-refractivity contribution in [3.8, 4) is 0 Å². The van der Waals surface area contributed by atoms with Crippen molar-refractivity contribution in [3.05, 3.63) is 65.4 Å². The van der Waals surface area contributed by atoms with E-state index in [1.165, 1.54) is 5.56 Å². The van der Waals surface area contributed by atoms with Gasteiger partial charge in [0.05, 0.1) is 4.90 Å². The van der Waals surface area contributed by atoms with Gasteiger partial charge in [0.1, 0.15) is 5.37 Å². The van der Waals surface area contributed by atoms with Crippen molar-refractivity contribution in [1.29, 1.82) is 0 Å². The van der Waals surface area contributed by atoms with Crippen molar-refractivity contribution in [2.45, 2.75) is 23.1 Å². The van der Waals surface area contributed by atoms with Crippen molar-refractivity contribution in [2.75, 3.05) is 27.2 Å². The minimum absolute atomic E-state index is 0.395. The zero-order chi connectivity index (χ0) is 19.0. The zero-order valence-electron chi connectivity index (χ0n) is 15.7. The lowest BCUT2D eigenvalue weighted by molar-refractivity contribution is 0.372. The third-order valence-corrected chi connectivity index (χ3v) is 7.47. The Bertz CT molecular complexity index is 1070. The van der Waals surface area contributed by atoms with Gasteiger partial charge in [0.15, 0.2) is 9.84 Å². The first kappa shape index (κ1) is 18.2. The highest BCUT2D eigenvalue weighted by Gasteiger charge is 2.33. The number of fused-ring (bicyclic) bond motifs is 2. The van der Waals surface area contributed by atoms with Gasteiger partial charge in [-0.1, -0.05) is 24.3 Å². The third kappa shape index (κ3) is 3.29. The van der Waals surface area contributed by atoms with E-state index in [1.807, 2.05) is 56.7 Å². The molecule has 1 aromatic heterocycles. The molecular formula is C21H25N3O2S. The third-order valence-electron chi connectivity index (χ3n) is 5.30. The van der Waals surface area contributed by atoms with Crippen molar-refractivity contribution in [1.82, 2.24) is 15.2 Å². The summed E-state index contributed by atoms with van der Waals surface area (Å²) in [5, 5.41) is 3.58. The van der Waals surface area contributed by atoms with Crippen LogP contribution in [0, 0.1) is 0 Å². The van der Waals surface area contributed by atoms with E-state index in [-0.39, 0.29) is 0 Å². The summed E-state index contributed by atoms with van der Waals surface area (Å²) in [7, 11) is 0.0590. The number of para-hydroxylation sites is 1. The molecule has 0 bridgehead atoms. The number of aromatic nitrogens is 1. The van der Waals surface area contributed by atoms with Crippen LogP contribution in [0.3, 0.4) is 0 Å². The molecule has 5 nitrogen and oxygen atoms in total. The molecule has 3 aromatic rings. The van der Waals surface area contributed by atoms with Gasteiger partial charge < -0.3 is 10.3 Å². The Hall–Kier alpha value is -2.15. The Labute approximate surface area is 160 Å². The van der Waals surface area contributed by atoms with Gasteiger partial charge in [-0.3, -0.25) is 4.90 Å². The van der Waals surface area contributed by atoms with Crippen molar-refractivity contribution in [3.63, 3.8) is 0 Å². The highest BCUT2D eigenvalue weighted by atomic mass is 32.2. The standard InChI is InChI=1S/C21H25N3O2S/c1-24(2)21(19-14-23-20-6-4-3-5-18(19)20)27(25,26)17-8-7-15-9-11-22-12-10-16(15)13-17/h3-8,13-14,21-23H,9-12H2,1-2H3. The molecule has 0 saturated carbocycles. The Morgan fingerprint density at radius 2 is 1.74 bits per heavy atom. The lowest BCUT2D eigenvalue weighted by Gasteiger charge is -2.24. The summed E-state index contributed by atoms with van der Waals surface area (Å²) >= 11 is 0. The summed E-state index contributed by atoms with van der Waals surface area (Å²) in [5.74, 6) is 0. The van der Waals surface area contributed by atoms with E-state index in [0.717, 1.165) is 48.0 Å². The fourth-order valence-corrected chi connectivity index (χ4v) is 5.88. The summed E-state index contributed by atoms with van der Waals surface area (Å²) < 4.78 is 27.2. The van der Waals surface area contributed by atoms with Crippen molar-refractivity contribution < 1.29 is 8.42 Å². The second-order valence-electron chi connectivity index (χ2n) is 7.33. The van der Waals surface area contributed by atoms with E-state index >= 15 is 0 Å². The number of hydrogen-bond donors (Lipinski definition) is 2. The molecule has 27 heavy (non-hydrogen) atoms. The number of nitrogens with zero attached hydrogens (tertiary/aromatic N) is 1. The molecule has 1 aliphatic heterocycles. The van der Waals surface area contributed by atoms with Crippen LogP contribution in [-0.2, 0) is 22.7 Å². The summed E-state index contributed by atoms with van der Waals surface area (Å²) in [6.45, 7) is 1.82. The maximum atomic E-state index is 13.6. The van der Waals surface area contributed by atoms with E-state index in [0.29, 0.717) is 4.90 Å². The molecule has 0 aliphatic carbocycles. The number of rotatable bonds is 4. The van der Waals surface area contributed by atoms with Crippen LogP contribution >= 0.6 is 0 Å². The van der Waals surface area contributed by atoms with Gasteiger partial charge in [-0.05, 0) is 69.4 Å². The molecule has 0 fully saturated rings. The highest BCUT2D eigenvalue weighted by molar-refractivity contribution is 7.91. The van der Waals surface area contributed by atoms with E-state index < -0.39 is 15.2 Å². The average molecular weight is 384 g/mol. The summed E-state index contributed by atoms with van der Waals surface area (Å²) in [4.78, 5) is 5.38. The summed E-state index contributed by atoms with van der Waals surface area (Å²) in [6.07, 6.45) is 3.62. The van der Waals surface area contributed by atoms with Crippen LogP contribution in [0.1, 0.15) is 22.1 Å². The van der Waals surface area contributed by atoms with E-state index in [4.69, 9.17) is 0 Å². The SMILES string of the molecule is CN(C)C(c1c[nH]c2ccccc12)S(=O)(=O)c1ccc2c(c1)CCNCC2. The monoisotopic (exact) mass is 383 g/mol. The molecule has 2 heterocycles. The maximum Gasteiger partial charge on any atom is 0.198 e. The molecule has 4 rings (SSSR count). The number of hydrogen-bond acceptors (Lipinski definition) is 4. The lowest BCUT2D eigenvalue weighted by atomic mass is 10.0. The first-order valence-corrected chi connectivity index (χ1v) is 10.8. The normalized spacial score (nSPS) is 16.3. The molecule has 0 spiro atoms. The predicted octanol–water partition coefficient (Wildman–Crippen LogP) is 2.89. The van der Waals surface area contributed by atoms with E-state index in [1.54, 1.807) is 11.0 Å². The van der Waals surface area contributed by atoms with Gasteiger partial charge in [0.2, 0.25) is 0 Å². The first-order valence-electron chi connectivity index (χ1n) is 9.27. The van der Waals surface area contributed by atoms with Crippen LogP contribution in [0.2, 0.25) is 0 Å². The number of H-pyrrole nitrogens is 1. The second kappa shape index (κ2) is 7.11. The molecule has 142 valence electrons. The molecule has 6 heteroatoms. The predicted molar refractivity (Wildman–Crippen MR) is 109 cm³/mol. The van der Waals surface area contributed by atoms with Crippen LogP contribution in [0.25, 0.3) is 10.9 Å². The lowest BCUT2D eigenvalue weighted by Crippen LogP contribution is -2.28. The number of sulfone groups is 1. The molecule has 0 saturated heterocycles. The molecule has 1 aliphatic rings. The smallest absolute Gasteiger partial charge is 0.198 e. The Morgan fingerprint density at radius 1 is 1.00 bits per heavy atom. The number of aromatic amines is 1. The summed E-state index contributed by atoms with van der Waals surface area (Å²) in [5.41, 5.74) is 4.11. The fraction of sp³-hybridized carbons (Fsp3) is 0.333. The van der Waals surface area contributed by atoms with Gasteiger partial charge in [0.25, 0.3) is 0 Å². The Morgan fingerprint density at radius 3 is 2.52 bits per heavy atom. The van der Waals surface area contributed by atoms with Crippen molar-refractivity contribution >= 4 is 20.7 Å². The van der Waals surface area contributed by atoms with Crippen LogP contribution < -0.4 is 5.32 Å². The molecule has 2 aromatic carbocycles. The molecule has 0 radical (unpaired) electrons. The van der Waals surface area contributed by atoms with Gasteiger partial charge in [-0.15, -0.1) is 0 Å². The van der Waals surface area contributed by atoms with E-state index in [9.17, 15) is 8.42 Å². The van der Waals surface area contributed by atoms with Crippen molar-refractivity contribution in [2.24, 2.45) is 0 Å². The molecule has 0 amide bonds. The maximum absolute atomic E-state index is 13.6. The topological polar surface area (TPSA) is 65.2 Å². The number of benzene rings is 2. The van der Waals surface area contributed by atoms with Crippen LogP contribution in [0.15, 0.2) is 53.6 Å². The van der Waals surface area contributed by atoms with E-state index in [2.05, 4.69) is 10.3 Å². The quantitative estimate of drug-likeness (QED) is 0.727. The average Bonchev–Trinajstić information content (AvgIpc) is 2.90. The molecule has 1 atom stereocenters. The number of nitrogens with one attached hydrogen (secondary N) is 2. The second-order valence-corrected chi connectivity index (χ2v) is 9.34. The molecule has 2 N–H and O–H groups in total. The minimum Gasteiger partial charge on any atom is -0.361 e. The first-order chi connectivity index (χ1) is 13.0. The Kier molecular flexibility index (Phi) is 4.80. The van der Waals surface area contributed by atoms with Crippen LogP contribution in [-0.4, -0.2) is 45.5 Å². The van der Waals surface area contributed by atoms with Gasteiger partial charge >= 0.3 is 0 Å². The minimum atomic E-state index is -3.57. The van der Waals surface area contributed by atoms with Crippen LogP contribution in [0.4, 0.5) is 0 Å².